The lowest BCUT2D eigenvalue weighted by molar-refractivity contribution is 0.0691. The number of nitrogens with zero attached hydrogens (tertiary/aromatic N) is 2. The number of aryl methyl sites for hydroxylation is 1. The van der Waals surface area contributed by atoms with Crippen LogP contribution in [0.2, 0.25) is 0 Å². The lowest BCUT2D eigenvalue weighted by Gasteiger charge is -2.08. The van der Waals surface area contributed by atoms with Gasteiger partial charge in [-0.1, -0.05) is 0 Å². The Morgan fingerprint density at radius 1 is 1.48 bits per heavy atom. The van der Waals surface area contributed by atoms with Crippen molar-refractivity contribution < 1.29 is 22.7 Å². The molecule has 0 spiro atoms. The maximum atomic E-state index is 13.3. The van der Waals surface area contributed by atoms with Crippen molar-refractivity contribution in [3.05, 3.63) is 47.8 Å². The first-order valence-corrected chi connectivity index (χ1v) is 7.28. The summed E-state index contributed by atoms with van der Waals surface area (Å²) in [5.41, 5.74) is -0.699. The van der Waals surface area contributed by atoms with Gasteiger partial charge in [0.25, 0.3) is 0 Å². The van der Waals surface area contributed by atoms with E-state index in [1.54, 1.807) is 17.8 Å². The van der Waals surface area contributed by atoms with E-state index in [-0.39, 0.29) is 11.4 Å². The van der Waals surface area contributed by atoms with Gasteiger partial charge in [0.2, 0.25) is 10.0 Å². The van der Waals surface area contributed by atoms with Crippen LogP contribution in [0.4, 0.5) is 4.39 Å². The van der Waals surface area contributed by atoms with Crippen molar-refractivity contribution in [3.8, 4) is 0 Å². The molecule has 2 rings (SSSR count). The Balaban J connectivity index is 2.26. The number of nitrogens with one attached hydrogen (secondary N) is 1. The van der Waals surface area contributed by atoms with Crippen LogP contribution in [0.3, 0.4) is 0 Å². The maximum Gasteiger partial charge on any atom is 0.338 e. The van der Waals surface area contributed by atoms with Gasteiger partial charge >= 0.3 is 5.97 Å². The van der Waals surface area contributed by atoms with Crippen LogP contribution in [-0.4, -0.2) is 29.0 Å². The van der Waals surface area contributed by atoms with Gasteiger partial charge < -0.3 is 9.67 Å². The van der Waals surface area contributed by atoms with Crippen LogP contribution in [0.5, 0.6) is 0 Å². The smallest absolute Gasteiger partial charge is 0.338 e. The molecule has 1 heterocycles. The van der Waals surface area contributed by atoms with Crippen molar-refractivity contribution in [3.63, 3.8) is 0 Å². The average molecular weight is 313 g/mol. The van der Waals surface area contributed by atoms with E-state index in [4.69, 9.17) is 5.11 Å². The number of aromatic nitrogens is 2. The van der Waals surface area contributed by atoms with E-state index in [9.17, 15) is 17.6 Å². The van der Waals surface area contributed by atoms with Gasteiger partial charge in [0.1, 0.15) is 11.6 Å². The third-order valence-corrected chi connectivity index (χ3v) is 4.22. The van der Waals surface area contributed by atoms with Gasteiger partial charge in [-0.3, -0.25) is 0 Å². The monoisotopic (exact) mass is 313 g/mol. The van der Waals surface area contributed by atoms with Gasteiger partial charge in [0.05, 0.1) is 17.0 Å². The third-order valence-electron chi connectivity index (χ3n) is 2.82. The zero-order valence-corrected chi connectivity index (χ0v) is 11.8. The van der Waals surface area contributed by atoms with Crippen molar-refractivity contribution in [2.75, 3.05) is 0 Å². The van der Waals surface area contributed by atoms with Crippen molar-refractivity contribution in [1.82, 2.24) is 14.3 Å². The highest BCUT2D eigenvalue weighted by Gasteiger charge is 2.19. The van der Waals surface area contributed by atoms with Gasteiger partial charge in [0.15, 0.2) is 0 Å². The Morgan fingerprint density at radius 3 is 2.76 bits per heavy atom. The molecule has 112 valence electrons. The summed E-state index contributed by atoms with van der Waals surface area (Å²) in [6.07, 6.45) is 3.17. The SMILES string of the molecule is Cn1ccnc1CNS(=O)(=O)c1ccc(F)c(C(=O)O)c1. The van der Waals surface area contributed by atoms with Crippen LogP contribution in [0, 0.1) is 5.82 Å². The first-order chi connectivity index (χ1) is 9.81. The number of carbonyl (C=O) groups is 1. The Morgan fingerprint density at radius 2 is 2.19 bits per heavy atom. The highest BCUT2D eigenvalue weighted by Crippen LogP contribution is 2.15. The number of benzene rings is 1. The van der Waals surface area contributed by atoms with Gasteiger partial charge in [-0.25, -0.2) is 27.3 Å². The summed E-state index contributed by atoms with van der Waals surface area (Å²) >= 11 is 0. The van der Waals surface area contributed by atoms with E-state index in [1.807, 2.05) is 0 Å². The van der Waals surface area contributed by atoms with Crippen molar-refractivity contribution in [1.29, 1.82) is 0 Å². The number of hydrogen-bond donors (Lipinski definition) is 2. The summed E-state index contributed by atoms with van der Waals surface area (Å²) in [6.45, 7) is -0.0639. The van der Waals surface area contributed by atoms with E-state index in [0.717, 1.165) is 18.2 Å². The molecule has 2 aromatic rings. The summed E-state index contributed by atoms with van der Waals surface area (Å²) < 4.78 is 41.3. The molecule has 0 radical (unpaired) electrons. The molecule has 0 saturated heterocycles. The minimum atomic E-state index is -3.96. The number of carboxylic acids is 1. The third kappa shape index (κ3) is 3.26. The van der Waals surface area contributed by atoms with Gasteiger partial charge in [-0.05, 0) is 18.2 Å². The molecule has 0 unspecified atom stereocenters. The van der Waals surface area contributed by atoms with E-state index in [0.29, 0.717) is 5.82 Å². The lowest BCUT2D eigenvalue weighted by Crippen LogP contribution is -2.25. The number of carboxylic acid groups (broad SMARTS) is 1. The van der Waals surface area contributed by atoms with Gasteiger partial charge in [0, 0.05) is 19.4 Å². The Kier molecular flexibility index (Phi) is 4.05. The first kappa shape index (κ1) is 15.1. The van der Waals surface area contributed by atoms with Crippen LogP contribution in [0.25, 0.3) is 0 Å². The van der Waals surface area contributed by atoms with Gasteiger partial charge in [-0.2, -0.15) is 0 Å². The highest BCUT2D eigenvalue weighted by molar-refractivity contribution is 7.89. The molecular weight excluding hydrogens is 301 g/mol. The second-order valence-electron chi connectivity index (χ2n) is 4.23. The van der Waals surface area contributed by atoms with Crippen LogP contribution < -0.4 is 4.72 Å². The molecule has 0 atom stereocenters. The van der Waals surface area contributed by atoms with Crippen LogP contribution >= 0.6 is 0 Å². The molecule has 0 bridgehead atoms. The Bertz CT molecular complexity index is 786. The molecule has 1 aromatic carbocycles. The number of sulfonamides is 1. The summed E-state index contributed by atoms with van der Waals surface area (Å²) in [6, 6.07) is 2.58. The number of halogens is 1. The summed E-state index contributed by atoms with van der Waals surface area (Å²) in [5, 5.41) is 8.80. The summed E-state index contributed by atoms with van der Waals surface area (Å²) in [5.74, 6) is -2.04. The maximum absolute atomic E-state index is 13.3. The van der Waals surface area contributed by atoms with Crippen LogP contribution in [0.15, 0.2) is 35.5 Å². The van der Waals surface area contributed by atoms with Crippen LogP contribution in [-0.2, 0) is 23.6 Å². The molecule has 0 fully saturated rings. The minimum absolute atomic E-state index is 0.0639. The molecule has 0 amide bonds. The molecular formula is C12H12FN3O4S. The van der Waals surface area contributed by atoms with E-state index in [1.165, 1.54) is 6.20 Å². The lowest BCUT2D eigenvalue weighted by atomic mass is 10.2. The summed E-state index contributed by atoms with van der Waals surface area (Å²) in [7, 11) is -2.25. The van der Waals surface area contributed by atoms with Crippen molar-refractivity contribution >= 4 is 16.0 Å². The van der Waals surface area contributed by atoms with Crippen molar-refractivity contribution in [2.45, 2.75) is 11.4 Å². The van der Waals surface area contributed by atoms with E-state index in [2.05, 4.69) is 9.71 Å². The number of imidazole rings is 1. The zero-order valence-electron chi connectivity index (χ0n) is 10.9. The zero-order chi connectivity index (χ0) is 15.6. The summed E-state index contributed by atoms with van der Waals surface area (Å²) in [4.78, 5) is 14.5. The fourth-order valence-corrected chi connectivity index (χ4v) is 2.65. The standard InChI is InChI=1S/C12H12FN3O4S/c1-16-5-4-14-11(16)7-15-21(19,20)8-2-3-10(13)9(6-8)12(17)18/h2-6,15H,7H2,1H3,(H,17,18). The first-order valence-electron chi connectivity index (χ1n) is 5.80. The fraction of sp³-hybridized carbons (Fsp3) is 0.167. The Hall–Kier alpha value is -2.26. The molecule has 0 aliphatic heterocycles. The van der Waals surface area contributed by atoms with E-state index < -0.39 is 27.4 Å². The molecule has 0 aliphatic carbocycles. The molecule has 2 N–H and O–H groups in total. The van der Waals surface area contributed by atoms with Crippen LogP contribution in [0.1, 0.15) is 16.2 Å². The largest absolute Gasteiger partial charge is 0.478 e. The number of aromatic carboxylic acids is 1. The second-order valence-corrected chi connectivity index (χ2v) is 5.99. The van der Waals surface area contributed by atoms with Crippen molar-refractivity contribution in [2.24, 2.45) is 7.05 Å². The molecule has 21 heavy (non-hydrogen) atoms. The molecule has 0 aliphatic rings. The number of rotatable bonds is 5. The topological polar surface area (TPSA) is 101 Å². The van der Waals surface area contributed by atoms with E-state index >= 15 is 0 Å². The Labute approximate surface area is 120 Å². The normalized spacial score (nSPS) is 11.5. The predicted octanol–water partition coefficient (Wildman–Crippen LogP) is 0.736. The highest BCUT2D eigenvalue weighted by atomic mass is 32.2. The molecule has 9 heteroatoms. The minimum Gasteiger partial charge on any atom is -0.478 e. The molecule has 0 saturated carbocycles. The second kappa shape index (κ2) is 5.62. The fourth-order valence-electron chi connectivity index (χ4n) is 1.65. The molecule has 7 nitrogen and oxygen atoms in total. The number of hydrogen-bond acceptors (Lipinski definition) is 4. The molecule has 1 aromatic heterocycles. The van der Waals surface area contributed by atoms with Gasteiger partial charge in [-0.15, -0.1) is 0 Å². The predicted molar refractivity (Wildman–Crippen MR) is 70.6 cm³/mol. The average Bonchev–Trinajstić information content (AvgIpc) is 2.82. The quantitative estimate of drug-likeness (QED) is 0.847.